The van der Waals surface area contributed by atoms with Crippen molar-refractivity contribution in [3.63, 3.8) is 0 Å². The molecule has 1 aromatic heterocycles. The van der Waals surface area contributed by atoms with E-state index in [0.717, 1.165) is 11.5 Å². The number of nitrogens with zero attached hydrogens (tertiary/aromatic N) is 1. The highest BCUT2D eigenvalue weighted by Gasteiger charge is 1.91. The van der Waals surface area contributed by atoms with Gasteiger partial charge in [0.15, 0.2) is 0 Å². The Bertz CT molecular complexity index is 138. The highest BCUT2D eigenvalue weighted by atomic mass is 32.2. The van der Waals surface area contributed by atoms with Crippen molar-refractivity contribution in [1.29, 1.82) is 0 Å². The maximum absolute atomic E-state index is 4.75. The van der Waals surface area contributed by atoms with Gasteiger partial charge in [0.1, 0.15) is 12.0 Å². The summed E-state index contributed by atoms with van der Waals surface area (Å²) in [6, 6.07) is 1.75. The quantitative estimate of drug-likeness (QED) is 0.601. The van der Waals surface area contributed by atoms with Crippen molar-refractivity contribution in [2.24, 2.45) is 0 Å². The molecule has 0 aliphatic rings. The van der Waals surface area contributed by atoms with Crippen molar-refractivity contribution < 1.29 is 4.52 Å². The van der Waals surface area contributed by atoms with Crippen LogP contribution in [0.1, 0.15) is 5.76 Å². The van der Waals surface area contributed by atoms with Gasteiger partial charge in [0.25, 0.3) is 0 Å². The number of thioether (sulfide) groups is 1. The molecule has 1 rings (SSSR count). The summed E-state index contributed by atoms with van der Waals surface area (Å²) in [7, 11) is 0. The molecule has 0 saturated heterocycles. The SMILES string of the molecule is CSCc1c[c]no1. The van der Waals surface area contributed by atoms with Crippen LogP contribution in [0.5, 0.6) is 0 Å². The van der Waals surface area contributed by atoms with Crippen LogP contribution in [0.15, 0.2) is 10.6 Å². The predicted molar refractivity (Wildman–Crippen MR) is 32.6 cm³/mol. The fraction of sp³-hybridized carbons (Fsp3) is 0.400. The van der Waals surface area contributed by atoms with Crippen LogP contribution in [0.4, 0.5) is 0 Å². The van der Waals surface area contributed by atoms with Crippen molar-refractivity contribution in [2.45, 2.75) is 5.75 Å². The third kappa shape index (κ3) is 1.26. The Kier molecular flexibility index (Phi) is 1.97. The van der Waals surface area contributed by atoms with E-state index in [-0.39, 0.29) is 0 Å². The van der Waals surface area contributed by atoms with Crippen molar-refractivity contribution in [1.82, 2.24) is 5.16 Å². The molecule has 1 aromatic rings. The van der Waals surface area contributed by atoms with Gasteiger partial charge >= 0.3 is 0 Å². The Labute approximate surface area is 52.2 Å². The molecule has 0 bridgehead atoms. The van der Waals surface area contributed by atoms with E-state index in [4.69, 9.17) is 4.52 Å². The maximum atomic E-state index is 4.75. The topological polar surface area (TPSA) is 26.0 Å². The number of hydrogen-bond acceptors (Lipinski definition) is 3. The predicted octanol–water partition coefficient (Wildman–Crippen LogP) is 1.34. The molecule has 2 nitrogen and oxygen atoms in total. The molecule has 0 aliphatic heterocycles. The molecule has 0 unspecified atom stereocenters. The van der Waals surface area contributed by atoms with E-state index in [2.05, 4.69) is 11.4 Å². The van der Waals surface area contributed by atoms with Crippen molar-refractivity contribution in [3.8, 4) is 0 Å². The molecule has 43 valence electrons. The molecule has 1 heterocycles. The van der Waals surface area contributed by atoms with Gasteiger partial charge in [0, 0.05) is 6.07 Å². The molecule has 0 saturated carbocycles. The van der Waals surface area contributed by atoms with Crippen LogP contribution < -0.4 is 0 Å². The zero-order valence-electron chi connectivity index (χ0n) is 4.55. The normalized spacial score (nSPS) is 9.62. The van der Waals surface area contributed by atoms with Crippen LogP contribution in [0.3, 0.4) is 0 Å². The highest BCUT2D eigenvalue weighted by Crippen LogP contribution is 2.05. The summed E-state index contributed by atoms with van der Waals surface area (Å²) in [5.41, 5.74) is 0. The minimum atomic E-state index is 0.885. The van der Waals surface area contributed by atoms with Crippen LogP contribution in [-0.2, 0) is 5.75 Å². The van der Waals surface area contributed by atoms with E-state index in [0.29, 0.717) is 0 Å². The van der Waals surface area contributed by atoms with Crippen molar-refractivity contribution >= 4 is 11.8 Å². The van der Waals surface area contributed by atoms with E-state index < -0.39 is 0 Å². The van der Waals surface area contributed by atoms with Gasteiger partial charge in [-0.3, -0.25) is 0 Å². The number of aromatic nitrogens is 1. The van der Waals surface area contributed by atoms with Gasteiger partial charge in [-0.25, -0.2) is 0 Å². The highest BCUT2D eigenvalue weighted by molar-refractivity contribution is 7.97. The second kappa shape index (κ2) is 2.77. The summed E-state index contributed by atoms with van der Waals surface area (Å²) < 4.78 is 4.75. The van der Waals surface area contributed by atoms with Gasteiger partial charge in [-0.2, -0.15) is 11.8 Å². The molecule has 8 heavy (non-hydrogen) atoms. The Morgan fingerprint density at radius 3 is 3.38 bits per heavy atom. The molecular formula is C5H6NOS. The van der Waals surface area contributed by atoms with Crippen LogP contribution in [-0.4, -0.2) is 11.4 Å². The lowest BCUT2D eigenvalue weighted by Gasteiger charge is -1.83. The monoisotopic (exact) mass is 128 g/mol. The molecular weight excluding hydrogens is 122 g/mol. The molecule has 0 fully saturated rings. The minimum Gasteiger partial charge on any atom is -0.360 e. The van der Waals surface area contributed by atoms with Gasteiger partial charge in [-0.1, -0.05) is 5.16 Å². The van der Waals surface area contributed by atoms with Gasteiger partial charge in [0.2, 0.25) is 0 Å². The lowest BCUT2D eigenvalue weighted by atomic mass is 10.5. The molecule has 0 aliphatic carbocycles. The average molecular weight is 128 g/mol. The van der Waals surface area contributed by atoms with Gasteiger partial charge in [-0.15, -0.1) is 0 Å². The van der Waals surface area contributed by atoms with E-state index in [9.17, 15) is 0 Å². The second-order valence-electron chi connectivity index (χ2n) is 1.36. The van der Waals surface area contributed by atoms with E-state index in [1.54, 1.807) is 17.8 Å². The molecule has 3 heteroatoms. The third-order valence-corrected chi connectivity index (χ3v) is 1.30. The Balaban J connectivity index is 2.50. The molecule has 0 N–H and O–H groups in total. The number of hydrogen-bond donors (Lipinski definition) is 0. The average Bonchev–Trinajstić information content (AvgIpc) is 2.19. The first-order valence-electron chi connectivity index (χ1n) is 2.24. The second-order valence-corrected chi connectivity index (χ2v) is 2.22. The Hall–Kier alpha value is -0.440. The van der Waals surface area contributed by atoms with Gasteiger partial charge in [-0.05, 0) is 6.26 Å². The zero-order chi connectivity index (χ0) is 5.82. The summed E-state index contributed by atoms with van der Waals surface area (Å²) in [4.78, 5) is 0. The van der Waals surface area contributed by atoms with E-state index in [1.807, 2.05) is 6.26 Å². The summed E-state index contributed by atoms with van der Waals surface area (Å²) in [6.45, 7) is 0. The summed E-state index contributed by atoms with van der Waals surface area (Å²) in [5.74, 6) is 1.77. The van der Waals surface area contributed by atoms with Crippen LogP contribution in [0, 0.1) is 6.20 Å². The summed E-state index contributed by atoms with van der Waals surface area (Å²) in [6.07, 6.45) is 4.60. The van der Waals surface area contributed by atoms with E-state index in [1.165, 1.54) is 0 Å². The zero-order valence-corrected chi connectivity index (χ0v) is 5.36. The van der Waals surface area contributed by atoms with Crippen LogP contribution in [0.25, 0.3) is 0 Å². The minimum absolute atomic E-state index is 0.885. The van der Waals surface area contributed by atoms with Crippen molar-refractivity contribution in [3.05, 3.63) is 18.0 Å². The molecule has 0 spiro atoms. The smallest absolute Gasteiger partial charge is 0.147 e. The summed E-state index contributed by atoms with van der Waals surface area (Å²) in [5, 5.41) is 3.43. The molecule has 0 atom stereocenters. The van der Waals surface area contributed by atoms with E-state index >= 15 is 0 Å². The standard InChI is InChI=1S/C5H6NOS/c1-8-4-5-2-3-6-7-5/h2H,4H2,1H3. The maximum Gasteiger partial charge on any atom is 0.147 e. The first kappa shape index (κ1) is 5.69. The first-order chi connectivity index (χ1) is 3.93. The van der Waals surface area contributed by atoms with Crippen LogP contribution >= 0.6 is 11.8 Å². The first-order valence-corrected chi connectivity index (χ1v) is 3.63. The van der Waals surface area contributed by atoms with Gasteiger partial charge in [0.05, 0.1) is 5.75 Å². The molecule has 0 amide bonds. The fourth-order valence-electron chi connectivity index (χ4n) is 0.420. The van der Waals surface area contributed by atoms with Gasteiger partial charge < -0.3 is 4.52 Å². The number of rotatable bonds is 2. The Morgan fingerprint density at radius 2 is 2.88 bits per heavy atom. The summed E-state index contributed by atoms with van der Waals surface area (Å²) >= 11 is 1.71. The molecule has 0 aromatic carbocycles. The lowest BCUT2D eigenvalue weighted by Crippen LogP contribution is -1.69. The fourth-order valence-corrected chi connectivity index (χ4v) is 0.841. The van der Waals surface area contributed by atoms with Crippen molar-refractivity contribution in [2.75, 3.05) is 6.26 Å². The molecule has 1 radical (unpaired) electrons. The third-order valence-electron chi connectivity index (χ3n) is 0.728. The largest absolute Gasteiger partial charge is 0.360 e. The Morgan fingerprint density at radius 1 is 2.00 bits per heavy atom. The van der Waals surface area contributed by atoms with Crippen LogP contribution in [0.2, 0.25) is 0 Å². The lowest BCUT2D eigenvalue weighted by molar-refractivity contribution is 0.394.